The molecule has 0 amide bonds. The van der Waals surface area contributed by atoms with Crippen LogP contribution < -0.4 is 49.6 Å². The van der Waals surface area contributed by atoms with Crippen molar-refractivity contribution in [3.05, 3.63) is 144 Å². The van der Waals surface area contributed by atoms with Gasteiger partial charge in [-0.3, -0.25) is 9.59 Å². The first-order valence-corrected chi connectivity index (χ1v) is 9.05. The molecule has 0 heterocycles. The minimum atomic E-state index is 0. The number of carbonyl (C=O) groups is 2. The smallest absolute Gasteiger partial charge is 1.00 e. The quantitative estimate of drug-likeness (QED) is 0.220. The van der Waals surface area contributed by atoms with Crippen LogP contribution in [0.1, 0.15) is 31.8 Å². The molecule has 0 aliphatic heterocycles. The fourth-order valence-corrected chi connectivity index (χ4v) is 2.69. The molecular weight excluding hydrogens is 577 g/mol. The van der Waals surface area contributed by atoms with Crippen LogP contribution in [-0.4, -0.2) is 11.6 Å². The minimum absolute atomic E-state index is 0. The Kier molecular flexibility index (Phi) is 21.4. The zero-order valence-corrected chi connectivity index (χ0v) is 22.9. The number of hydrogen-bond acceptors (Lipinski definition) is 2. The first kappa shape index (κ1) is 35.8. The molecule has 4 aromatic carbocycles. The van der Waals surface area contributed by atoms with Crippen LogP contribution in [0.15, 0.2) is 121 Å². The van der Waals surface area contributed by atoms with Gasteiger partial charge in [-0.05, 0) is 0 Å². The van der Waals surface area contributed by atoms with Gasteiger partial charge in [0.05, 0.1) is 0 Å². The molecule has 33 heavy (non-hydrogen) atoms. The Labute approximate surface area is 239 Å². The molecule has 0 aliphatic carbocycles. The number of halogens is 4. The van der Waals surface area contributed by atoms with Crippen molar-refractivity contribution in [3.63, 3.8) is 0 Å². The summed E-state index contributed by atoms with van der Waals surface area (Å²) in [6, 6.07) is 37.2. The molecule has 0 bridgehead atoms. The Bertz CT molecular complexity index is 863. The zero-order valence-electron chi connectivity index (χ0n) is 17.4. The molecule has 7 heteroatoms. The first-order chi connectivity index (χ1) is 13.8. The second kappa shape index (κ2) is 19.7. The van der Waals surface area contributed by atoms with Gasteiger partial charge in [0.15, 0.2) is 11.6 Å². The molecule has 4 aromatic rings. The molecule has 0 atom stereocenters. The monoisotopic (exact) mass is 594 g/mol. The number of hydrogen-bond donors (Lipinski definition) is 0. The van der Waals surface area contributed by atoms with Crippen molar-refractivity contribution in [2.45, 2.75) is 0 Å². The van der Waals surface area contributed by atoms with Crippen molar-refractivity contribution in [3.8, 4) is 0 Å². The van der Waals surface area contributed by atoms with Crippen molar-refractivity contribution in [2.24, 2.45) is 0 Å². The van der Waals surface area contributed by atoms with Gasteiger partial charge >= 0.3 is 26.2 Å². The van der Waals surface area contributed by atoms with E-state index in [1.165, 1.54) is 0 Å². The third-order valence-corrected chi connectivity index (χ3v) is 4.14. The Hall–Kier alpha value is -1.74. The van der Waals surface area contributed by atoms with E-state index < -0.39 is 0 Å². The molecule has 2 nitrogen and oxygen atoms in total. The predicted octanol–water partition coefficient (Wildman–Crippen LogP) is -6.15. The summed E-state index contributed by atoms with van der Waals surface area (Å²) in [6.45, 7) is 0. The van der Waals surface area contributed by atoms with Gasteiger partial charge in [-0.2, -0.15) is 0 Å². The molecule has 0 saturated heterocycles. The van der Waals surface area contributed by atoms with Crippen LogP contribution in [0, 0.1) is 0 Å². The van der Waals surface area contributed by atoms with E-state index in [1.54, 1.807) is 0 Å². The molecule has 0 aliphatic rings. The summed E-state index contributed by atoms with van der Waals surface area (Å²) in [7, 11) is 0. The summed E-state index contributed by atoms with van der Waals surface area (Å²) >= 11 is 0. The SMILES string of the molecule is O=C(c1ccccc1)c1ccccc1.O=C(c1ccccc1)c1ccccc1.[Cl-].[Cl-].[Cl-].[Cl-].[Zr+4]. The van der Waals surface area contributed by atoms with E-state index in [1.807, 2.05) is 121 Å². The molecule has 168 valence electrons. The van der Waals surface area contributed by atoms with E-state index in [0.717, 1.165) is 22.3 Å². The first-order valence-electron chi connectivity index (χ1n) is 9.05. The summed E-state index contributed by atoms with van der Waals surface area (Å²) < 4.78 is 0. The van der Waals surface area contributed by atoms with Gasteiger partial charge in [-0.1, -0.05) is 121 Å². The van der Waals surface area contributed by atoms with Gasteiger partial charge in [-0.25, -0.2) is 0 Å². The normalized spacial score (nSPS) is 8.24. The summed E-state index contributed by atoms with van der Waals surface area (Å²) in [6.07, 6.45) is 0. The van der Waals surface area contributed by atoms with E-state index in [9.17, 15) is 9.59 Å². The van der Waals surface area contributed by atoms with E-state index in [-0.39, 0.29) is 87.4 Å². The Morgan fingerprint density at radius 1 is 0.333 bits per heavy atom. The minimum Gasteiger partial charge on any atom is -1.00 e. The largest absolute Gasteiger partial charge is 4.00 e. The number of carbonyl (C=O) groups excluding carboxylic acids is 2. The molecule has 0 spiro atoms. The molecule has 0 aromatic heterocycles. The number of ketones is 2. The standard InChI is InChI=1S/2C13H10O.4ClH.Zr/c2*14-13(11-7-3-1-4-8-11)12-9-5-2-6-10-12;;;;;/h2*1-10H;4*1H;/q;;;;;;+4/p-4. The van der Waals surface area contributed by atoms with Gasteiger partial charge < -0.3 is 49.6 Å². The van der Waals surface area contributed by atoms with Gasteiger partial charge in [-0.15, -0.1) is 0 Å². The van der Waals surface area contributed by atoms with Crippen LogP contribution >= 0.6 is 0 Å². The Balaban J connectivity index is -0.000000474. The van der Waals surface area contributed by atoms with Crippen LogP contribution in [0.4, 0.5) is 0 Å². The number of benzene rings is 4. The van der Waals surface area contributed by atoms with Gasteiger partial charge in [0.25, 0.3) is 0 Å². The summed E-state index contributed by atoms with van der Waals surface area (Å²) in [5.74, 6) is 0.150. The second-order valence-corrected chi connectivity index (χ2v) is 6.12. The molecule has 0 radical (unpaired) electrons. The van der Waals surface area contributed by atoms with Gasteiger partial charge in [0.1, 0.15) is 0 Å². The summed E-state index contributed by atoms with van der Waals surface area (Å²) in [5, 5.41) is 0. The molecule has 0 N–H and O–H groups in total. The maximum Gasteiger partial charge on any atom is 4.00 e. The van der Waals surface area contributed by atoms with E-state index in [0.29, 0.717) is 0 Å². The average molecular weight is 597 g/mol. The maximum atomic E-state index is 11.8. The van der Waals surface area contributed by atoms with Crippen LogP contribution in [0.25, 0.3) is 0 Å². The molecule has 0 fully saturated rings. The topological polar surface area (TPSA) is 34.1 Å². The third kappa shape index (κ3) is 11.3. The van der Waals surface area contributed by atoms with Crippen LogP contribution in [0.5, 0.6) is 0 Å². The fourth-order valence-electron chi connectivity index (χ4n) is 2.69. The van der Waals surface area contributed by atoms with Crippen LogP contribution in [0.3, 0.4) is 0 Å². The van der Waals surface area contributed by atoms with Crippen molar-refractivity contribution in [1.82, 2.24) is 0 Å². The van der Waals surface area contributed by atoms with E-state index in [4.69, 9.17) is 0 Å². The third-order valence-electron chi connectivity index (χ3n) is 4.14. The second-order valence-electron chi connectivity index (χ2n) is 6.12. The van der Waals surface area contributed by atoms with Crippen molar-refractivity contribution in [1.29, 1.82) is 0 Å². The molecular formula is C26H20Cl4O2Zr. The van der Waals surface area contributed by atoms with Crippen molar-refractivity contribution in [2.75, 3.05) is 0 Å². The Morgan fingerprint density at radius 3 is 0.636 bits per heavy atom. The fraction of sp³-hybridized carbons (Fsp3) is 0. The van der Waals surface area contributed by atoms with Crippen molar-refractivity contribution < 1.29 is 85.4 Å². The molecule has 0 saturated carbocycles. The van der Waals surface area contributed by atoms with Gasteiger partial charge in [0, 0.05) is 22.3 Å². The van der Waals surface area contributed by atoms with Gasteiger partial charge in [0.2, 0.25) is 0 Å². The van der Waals surface area contributed by atoms with E-state index in [2.05, 4.69) is 0 Å². The predicted molar refractivity (Wildman–Crippen MR) is 113 cm³/mol. The number of rotatable bonds is 4. The zero-order chi connectivity index (χ0) is 19.6. The maximum absolute atomic E-state index is 11.8. The summed E-state index contributed by atoms with van der Waals surface area (Å²) in [4.78, 5) is 23.7. The van der Waals surface area contributed by atoms with Crippen LogP contribution in [-0.2, 0) is 26.2 Å². The molecule has 0 unspecified atom stereocenters. The summed E-state index contributed by atoms with van der Waals surface area (Å²) in [5.41, 5.74) is 2.94. The van der Waals surface area contributed by atoms with Crippen molar-refractivity contribution >= 4 is 11.6 Å². The van der Waals surface area contributed by atoms with Crippen LogP contribution in [0.2, 0.25) is 0 Å². The van der Waals surface area contributed by atoms with E-state index >= 15 is 0 Å². The molecule has 4 rings (SSSR count). The Morgan fingerprint density at radius 2 is 0.485 bits per heavy atom. The average Bonchev–Trinajstić information content (AvgIpc) is 2.81.